The second-order valence-electron chi connectivity index (χ2n) is 7.31. The first-order chi connectivity index (χ1) is 12.8. The van der Waals surface area contributed by atoms with Crippen LogP contribution in [0.1, 0.15) is 30.0 Å². The number of piperazine rings is 1. The van der Waals surface area contributed by atoms with Crippen molar-refractivity contribution in [1.82, 2.24) is 4.90 Å². The Labute approximate surface area is 153 Å². The van der Waals surface area contributed by atoms with Gasteiger partial charge < -0.3 is 15.1 Å². The number of halogens is 1. The molecule has 4 nitrogen and oxygen atoms in total. The molecule has 2 heterocycles. The van der Waals surface area contributed by atoms with Gasteiger partial charge in [0.05, 0.1) is 6.04 Å². The largest absolute Gasteiger partial charge is 0.368 e. The Morgan fingerprint density at radius 2 is 1.73 bits per heavy atom. The van der Waals surface area contributed by atoms with E-state index in [0.717, 1.165) is 44.2 Å². The van der Waals surface area contributed by atoms with Crippen molar-refractivity contribution in [3.8, 4) is 0 Å². The lowest BCUT2D eigenvalue weighted by molar-refractivity contribution is 0.379. The highest BCUT2D eigenvalue weighted by Crippen LogP contribution is 2.40. The van der Waals surface area contributed by atoms with Gasteiger partial charge in [0.25, 0.3) is 0 Å². The van der Waals surface area contributed by atoms with E-state index in [2.05, 4.69) is 33.3 Å². The van der Waals surface area contributed by atoms with E-state index in [1.165, 1.54) is 41.8 Å². The average Bonchev–Trinajstić information content (AvgIpc) is 2.69. The smallest absolute Gasteiger partial charge is 0.199 e. The maximum atomic E-state index is 13.1. The Hall–Kier alpha value is -2.56. The van der Waals surface area contributed by atoms with Crippen LogP contribution in [0.15, 0.2) is 47.5 Å². The number of rotatable bonds is 1. The van der Waals surface area contributed by atoms with Crippen LogP contribution in [0.2, 0.25) is 0 Å². The number of hydrogen-bond donors (Lipinski definition) is 1. The Morgan fingerprint density at radius 3 is 2.54 bits per heavy atom. The summed E-state index contributed by atoms with van der Waals surface area (Å²) in [4.78, 5) is 9.71. The maximum absolute atomic E-state index is 13.1. The van der Waals surface area contributed by atoms with Crippen molar-refractivity contribution in [2.75, 3.05) is 36.4 Å². The van der Waals surface area contributed by atoms with E-state index in [1.54, 1.807) is 0 Å². The summed E-state index contributed by atoms with van der Waals surface area (Å²) in [6.45, 7) is 3.68. The summed E-state index contributed by atoms with van der Waals surface area (Å²) in [6.07, 6.45) is 3.53. The summed E-state index contributed by atoms with van der Waals surface area (Å²) in [5, 5.41) is 3.58. The maximum Gasteiger partial charge on any atom is 0.199 e. The summed E-state index contributed by atoms with van der Waals surface area (Å²) >= 11 is 0. The molecule has 2 aromatic carbocycles. The Kier molecular flexibility index (Phi) is 3.80. The molecule has 2 aliphatic heterocycles. The third kappa shape index (κ3) is 2.71. The molecule has 134 valence electrons. The van der Waals surface area contributed by atoms with E-state index in [1.807, 2.05) is 12.1 Å². The molecule has 26 heavy (non-hydrogen) atoms. The molecule has 1 aliphatic carbocycles. The van der Waals surface area contributed by atoms with Crippen LogP contribution in [0.25, 0.3) is 0 Å². The molecule has 1 N–H and O–H groups in total. The first-order valence-electron chi connectivity index (χ1n) is 9.50. The molecule has 0 spiro atoms. The van der Waals surface area contributed by atoms with Crippen molar-refractivity contribution in [2.24, 2.45) is 4.99 Å². The fourth-order valence-electron chi connectivity index (χ4n) is 4.38. The van der Waals surface area contributed by atoms with Crippen molar-refractivity contribution in [3.05, 3.63) is 59.4 Å². The number of guanidine groups is 1. The van der Waals surface area contributed by atoms with E-state index in [9.17, 15) is 4.39 Å². The van der Waals surface area contributed by atoms with E-state index >= 15 is 0 Å². The molecular weight excluding hydrogens is 327 g/mol. The predicted octanol–water partition coefficient (Wildman–Crippen LogP) is 3.81. The zero-order valence-corrected chi connectivity index (χ0v) is 14.8. The molecule has 2 aromatic rings. The summed E-state index contributed by atoms with van der Waals surface area (Å²) in [6, 6.07) is 13.7. The monoisotopic (exact) mass is 350 g/mol. The molecular formula is C21H23FN4. The topological polar surface area (TPSA) is 30.9 Å². The lowest BCUT2D eigenvalue weighted by Gasteiger charge is -2.40. The van der Waals surface area contributed by atoms with Gasteiger partial charge >= 0.3 is 0 Å². The van der Waals surface area contributed by atoms with Crippen LogP contribution in [0, 0.1) is 5.82 Å². The third-order valence-corrected chi connectivity index (χ3v) is 5.75. The average molecular weight is 350 g/mol. The standard InChI is InChI=1S/C21H23FN4/c22-16-7-9-17(10-8-16)25-11-13-26(14-12-25)21-23-18-5-1-3-15-4-2-6-19(24-21)20(15)18/h1,3,5,7-10,19H,2,4,6,11-14H2,(H,23,24). The second kappa shape index (κ2) is 6.31. The van der Waals surface area contributed by atoms with E-state index < -0.39 is 0 Å². The van der Waals surface area contributed by atoms with E-state index in [0.29, 0.717) is 6.04 Å². The summed E-state index contributed by atoms with van der Waals surface area (Å²) in [5.74, 6) is 0.832. The van der Waals surface area contributed by atoms with E-state index in [4.69, 9.17) is 4.99 Å². The van der Waals surface area contributed by atoms with Crippen molar-refractivity contribution in [3.63, 3.8) is 0 Å². The van der Waals surface area contributed by atoms with Gasteiger partial charge in [-0.1, -0.05) is 12.1 Å². The molecule has 0 aromatic heterocycles. The summed E-state index contributed by atoms with van der Waals surface area (Å²) < 4.78 is 13.1. The Balaban J connectivity index is 1.32. The van der Waals surface area contributed by atoms with Gasteiger partial charge in [0.15, 0.2) is 5.96 Å². The Morgan fingerprint density at radius 1 is 0.962 bits per heavy atom. The SMILES string of the molecule is Fc1ccc(N2CCN(C3=NC4CCCc5cccc(c54)N3)CC2)cc1. The van der Waals surface area contributed by atoms with Crippen LogP contribution >= 0.6 is 0 Å². The van der Waals surface area contributed by atoms with E-state index in [-0.39, 0.29) is 5.82 Å². The lowest BCUT2D eigenvalue weighted by atomic mass is 9.86. The lowest BCUT2D eigenvalue weighted by Crippen LogP contribution is -2.51. The third-order valence-electron chi connectivity index (χ3n) is 5.75. The predicted molar refractivity (Wildman–Crippen MR) is 103 cm³/mol. The highest BCUT2D eigenvalue weighted by atomic mass is 19.1. The summed E-state index contributed by atoms with van der Waals surface area (Å²) in [5.41, 5.74) is 5.19. The van der Waals surface area contributed by atoms with Gasteiger partial charge in [0, 0.05) is 43.1 Å². The number of anilines is 2. The fourth-order valence-corrected chi connectivity index (χ4v) is 4.38. The van der Waals surface area contributed by atoms with Crippen molar-refractivity contribution in [1.29, 1.82) is 0 Å². The molecule has 0 radical (unpaired) electrons. The quantitative estimate of drug-likeness (QED) is 0.849. The van der Waals surface area contributed by atoms with Gasteiger partial charge in [0.1, 0.15) is 5.82 Å². The van der Waals surface area contributed by atoms with Crippen LogP contribution in [0.4, 0.5) is 15.8 Å². The van der Waals surface area contributed by atoms with Crippen LogP contribution in [0.5, 0.6) is 0 Å². The first kappa shape index (κ1) is 15.7. The number of benzene rings is 2. The highest BCUT2D eigenvalue weighted by Gasteiger charge is 2.30. The number of hydrogen-bond acceptors (Lipinski definition) is 4. The number of aliphatic imine (C=N–C) groups is 1. The Bertz CT molecular complexity index is 838. The van der Waals surface area contributed by atoms with Gasteiger partial charge in [-0.3, -0.25) is 0 Å². The molecule has 0 bridgehead atoms. The number of nitrogens with one attached hydrogen (secondary N) is 1. The molecule has 3 aliphatic rings. The van der Waals surface area contributed by atoms with Crippen molar-refractivity contribution < 1.29 is 4.39 Å². The van der Waals surface area contributed by atoms with Crippen LogP contribution in [0.3, 0.4) is 0 Å². The molecule has 0 amide bonds. The molecule has 0 saturated carbocycles. The fraction of sp³-hybridized carbons (Fsp3) is 0.381. The van der Waals surface area contributed by atoms with Crippen LogP contribution in [-0.4, -0.2) is 37.0 Å². The zero-order valence-electron chi connectivity index (χ0n) is 14.8. The number of aryl methyl sites for hydroxylation is 1. The van der Waals surface area contributed by atoms with Gasteiger partial charge in [-0.25, -0.2) is 9.38 Å². The molecule has 5 rings (SSSR count). The van der Waals surface area contributed by atoms with Gasteiger partial charge in [-0.2, -0.15) is 0 Å². The normalized spacial score (nSPS) is 21.7. The molecule has 1 unspecified atom stereocenters. The van der Waals surface area contributed by atoms with Crippen LogP contribution in [-0.2, 0) is 6.42 Å². The summed E-state index contributed by atoms with van der Waals surface area (Å²) in [7, 11) is 0. The molecule has 5 heteroatoms. The molecule has 1 saturated heterocycles. The molecule has 1 fully saturated rings. The van der Waals surface area contributed by atoms with Crippen molar-refractivity contribution in [2.45, 2.75) is 25.3 Å². The first-order valence-corrected chi connectivity index (χ1v) is 9.50. The number of nitrogens with zero attached hydrogens (tertiary/aromatic N) is 3. The molecule has 1 atom stereocenters. The van der Waals surface area contributed by atoms with Gasteiger partial charge in [-0.05, 0) is 55.2 Å². The minimum absolute atomic E-state index is 0.182. The van der Waals surface area contributed by atoms with Gasteiger partial charge in [0.2, 0.25) is 0 Å². The highest BCUT2D eigenvalue weighted by molar-refractivity contribution is 5.96. The zero-order chi connectivity index (χ0) is 17.5. The van der Waals surface area contributed by atoms with Gasteiger partial charge in [-0.15, -0.1) is 0 Å². The van der Waals surface area contributed by atoms with Crippen molar-refractivity contribution >= 4 is 17.3 Å². The minimum atomic E-state index is -0.182. The minimum Gasteiger partial charge on any atom is -0.368 e. The van der Waals surface area contributed by atoms with Crippen LogP contribution < -0.4 is 10.2 Å². The second-order valence-corrected chi connectivity index (χ2v) is 7.31.